The van der Waals surface area contributed by atoms with Gasteiger partial charge < -0.3 is 19.9 Å². The van der Waals surface area contributed by atoms with Crippen LogP contribution in [0.15, 0.2) is 40.2 Å². The van der Waals surface area contributed by atoms with Crippen molar-refractivity contribution in [3.63, 3.8) is 0 Å². The minimum atomic E-state index is 0.103. The van der Waals surface area contributed by atoms with Crippen molar-refractivity contribution in [1.29, 1.82) is 0 Å². The largest absolute Gasteiger partial charge is 0.496 e. The summed E-state index contributed by atoms with van der Waals surface area (Å²) in [4.78, 5) is 32.9. The number of hydrogen-bond acceptors (Lipinski definition) is 6. The van der Waals surface area contributed by atoms with Crippen molar-refractivity contribution in [3.05, 3.63) is 35.3 Å². The van der Waals surface area contributed by atoms with Crippen molar-refractivity contribution < 1.29 is 14.3 Å². The minimum absolute atomic E-state index is 0.103. The van der Waals surface area contributed by atoms with E-state index in [1.165, 1.54) is 32.1 Å². The Hall–Kier alpha value is -2.57. The van der Waals surface area contributed by atoms with E-state index in [0.717, 1.165) is 24.5 Å². The molecule has 0 saturated heterocycles. The molecule has 3 aliphatic heterocycles. The van der Waals surface area contributed by atoms with E-state index in [9.17, 15) is 9.59 Å². The first-order valence-electron chi connectivity index (χ1n) is 11.3. The van der Waals surface area contributed by atoms with E-state index in [-0.39, 0.29) is 11.7 Å². The molecule has 1 aliphatic carbocycles. The highest BCUT2D eigenvalue weighted by Gasteiger charge is 2.34. The highest BCUT2D eigenvalue weighted by Crippen LogP contribution is 2.35. The van der Waals surface area contributed by atoms with Gasteiger partial charge in [0.05, 0.1) is 18.8 Å². The van der Waals surface area contributed by atoms with Crippen LogP contribution in [0.4, 0.5) is 0 Å². The summed E-state index contributed by atoms with van der Waals surface area (Å²) in [5.74, 6) is 2.44. The van der Waals surface area contributed by atoms with E-state index in [4.69, 9.17) is 4.74 Å². The SMILES string of the molecule is CCN1C=C2C=C(OCCCC(=O)NCC3CCCCC3)CN2C2=C1C(=O)CC=N2. The quantitative estimate of drug-likeness (QED) is 0.620. The van der Waals surface area contributed by atoms with E-state index in [1.54, 1.807) is 6.21 Å². The molecule has 0 atom stereocenters. The number of nitrogens with one attached hydrogen (secondary N) is 1. The van der Waals surface area contributed by atoms with Gasteiger partial charge in [-0.2, -0.15) is 0 Å². The summed E-state index contributed by atoms with van der Waals surface area (Å²) in [6.45, 7) is 4.64. The van der Waals surface area contributed by atoms with Gasteiger partial charge in [-0.1, -0.05) is 19.3 Å². The predicted octanol–water partition coefficient (Wildman–Crippen LogP) is 3.07. The van der Waals surface area contributed by atoms with Crippen molar-refractivity contribution >= 4 is 17.9 Å². The number of amides is 1. The first-order valence-corrected chi connectivity index (χ1v) is 11.3. The molecule has 30 heavy (non-hydrogen) atoms. The molecule has 7 heteroatoms. The number of hydrogen-bond donors (Lipinski definition) is 1. The van der Waals surface area contributed by atoms with Crippen molar-refractivity contribution in [2.45, 2.75) is 58.3 Å². The average molecular weight is 413 g/mol. The third-order valence-corrected chi connectivity index (χ3v) is 6.22. The van der Waals surface area contributed by atoms with Crippen LogP contribution < -0.4 is 5.32 Å². The standard InChI is InChI=1S/C23H32N4O3/c1-2-26-15-18-13-19(16-27(18)23-22(26)20(28)10-11-24-23)30-12-6-9-21(29)25-14-17-7-4-3-5-8-17/h11,13,15,17H,2-10,12,14,16H2,1H3,(H,25,29). The van der Waals surface area contributed by atoms with Gasteiger partial charge in [-0.3, -0.25) is 9.59 Å². The molecule has 0 aromatic heterocycles. The van der Waals surface area contributed by atoms with Crippen molar-refractivity contribution in [3.8, 4) is 0 Å². The fourth-order valence-corrected chi connectivity index (χ4v) is 4.56. The van der Waals surface area contributed by atoms with E-state index < -0.39 is 0 Å². The number of allylic oxidation sites excluding steroid dienone is 2. The topological polar surface area (TPSA) is 74.2 Å². The Balaban J connectivity index is 1.23. The molecule has 0 bridgehead atoms. The average Bonchev–Trinajstić information content (AvgIpc) is 3.18. The summed E-state index contributed by atoms with van der Waals surface area (Å²) in [6.07, 6.45) is 13.6. The number of aliphatic imine (C=N–C) groups is 1. The molecule has 0 spiro atoms. The monoisotopic (exact) mass is 412 g/mol. The van der Waals surface area contributed by atoms with Crippen LogP contribution in [0.2, 0.25) is 0 Å². The maximum atomic E-state index is 12.4. The van der Waals surface area contributed by atoms with Gasteiger partial charge in [-0.05, 0) is 32.1 Å². The number of rotatable bonds is 8. The Labute approximate surface area is 178 Å². The second-order valence-corrected chi connectivity index (χ2v) is 8.41. The molecule has 3 heterocycles. The molecule has 0 aromatic rings. The summed E-state index contributed by atoms with van der Waals surface area (Å²) in [6, 6.07) is 0. The van der Waals surface area contributed by atoms with Gasteiger partial charge in [0.15, 0.2) is 11.6 Å². The van der Waals surface area contributed by atoms with Crippen LogP contribution in [0.5, 0.6) is 0 Å². The number of ketones is 1. The van der Waals surface area contributed by atoms with Gasteiger partial charge in [0.1, 0.15) is 11.5 Å². The van der Waals surface area contributed by atoms with Gasteiger partial charge in [0.25, 0.3) is 0 Å². The number of likely N-dealkylation sites (N-methyl/N-ethyl adjacent to an activating group) is 1. The van der Waals surface area contributed by atoms with Crippen LogP contribution in [0.25, 0.3) is 0 Å². The van der Waals surface area contributed by atoms with E-state index in [1.807, 2.05) is 29.0 Å². The fourth-order valence-electron chi connectivity index (χ4n) is 4.56. The third-order valence-electron chi connectivity index (χ3n) is 6.22. The van der Waals surface area contributed by atoms with Gasteiger partial charge in [-0.25, -0.2) is 4.99 Å². The van der Waals surface area contributed by atoms with Crippen LogP contribution in [-0.4, -0.2) is 53.9 Å². The van der Waals surface area contributed by atoms with Crippen LogP contribution >= 0.6 is 0 Å². The Morgan fingerprint density at radius 2 is 2.13 bits per heavy atom. The Bertz CT molecular complexity index is 805. The molecule has 1 fully saturated rings. The molecule has 1 amide bonds. The normalized spacial score (nSPS) is 21.3. The second kappa shape index (κ2) is 9.49. The van der Waals surface area contributed by atoms with Crippen molar-refractivity contribution in [2.75, 3.05) is 26.2 Å². The maximum absolute atomic E-state index is 12.4. The molecular weight excluding hydrogens is 380 g/mol. The fraction of sp³-hybridized carbons (Fsp3) is 0.609. The molecular formula is C23H32N4O3. The van der Waals surface area contributed by atoms with Crippen LogP contribution in [0, 0.1) is 5.92 Å². The Morgan fingerprint density at radius 1 is 1.30 bits per heavy atom. The molecule has 1 saturated carbocycles. The lowest BCUT2D eigenvalue weighted by Crippen LogP contribution is -2.36. The zero-order valence-electron chi connectivity index (χ0n) is 17.9. The number of ether oxygens (including phenoxy) is 1. The Kier molecular flexibility index (Phi) is 6.55. The van der Waals surface area contributed by atoms with E-state index in [2.05, 4.69) is 10.3 Å². The number of fused-ring (bicyclic) bond motifs is 2. The van der Waals surface area contributed by atoms with Crippen LogP contribution in [0.3, 0.4) is 0 Å². The van der Waals surface area contributed by atoms with Gasteiger partial charge in [0, 0.05) is 44.4 Å². The van der Waals surface area contributed by atoms with Gasteiger partial charge in [0.2, 0.25) is 5.91 Å². The lowest BCUT2D eigenvalue weighted by Gasteiger charge is -2.34. The Morgan fingerprint density at radius 3 is 2.93 bits per heavy atom. The molecule has 4 rings (SSSR count). The maximum Gasteiger partial charge on any atom is 0.220 e. The summed E-state index contributed by atoms with van der Waals surface area (Å²) < 4.78 is 5.94. The van der Waals surface area contributed by atoms with Crippen molar-refractivity contribution in [1.82, 2.24) is 15.1 Å². The lowest BCUT2D eigenvalue weighted by atomic mass is 9.89. The summed E-state index contributed by atoms with van der Waals surface area (Å²) in [5, 5.41) is 3.08. The predicted molar refractivity (Wildman–Crippen MR) is 115 cm³/mol. The lowest BCUT2D eigenvalue weighted by molar-refractivity contribution is -0.121. The van der Waals surface area contributed by atoms with Gasteiger partial charge >= 0.3 is 0 Å². The first-order chi connectivity index (χ1) is 14.7. The van der Waals surface area contributed by atoms with Crippen molar-refractivity contribution in [2.24, 2.45) is 10.9 Å². The van der Waals surface area contributed by atoms with Gasteiger partial charge in [-0.15, -0.1) is 0 Å². The molecule has 0 unspecified atom stereocenters. The second-order valence-electron chi connectivity index (χ2n) is 8.41. The minimum Gasteiger partial charge on any atom is -0.496 e. The molecule has 0 radical (unpaired) electrons. The van der Waals surface area contributed by atoms with Crippen LogP contribution in [0.1, 0.15) is 58.3 Å². The zero-order chi connectivity index (χ0) is 20.9. The van der Waals surface area contributed by atoms with Crippen LogP contribution in [-0.2, 0) is 14.3 Å². The summed E-state index contributed by atoms with van der Waals surface area (Å²) >= 11 is 0. The molecule has 162 valence electrons. The molecule has 0 aromatic carbocycles. The molecule has 4 aliphatic rings. The molecule has 7 nitrogen and oxygen atoms in total. The number of carbonyl (C=O) groups excluding carboxylic acids is 2. The number of nitrogens with zero attached hydrogens (tertiary/aromatic N) is 3. The van der Waals surface area contributed by atoms with E-state index in [0.29, 0.717) is 49.9 Å². The number of Topliss-reactive ketones (excluding diaryl/α,β-unsaturated/α-hetero) is 1. The number of carbonyl (C=O) groups is 2. The summed E-state index contributed by atoms with van der Waals surface area (Å²) in [7, 11) is 0. The first kappa shape index (κ1) is 20.7. The zero-order valence-corrected chi connectivity index (χ0v) is 17.9. The molecule has 1 N–H and O–H groups in total. The highest BCUT2D eigenvalue weighted by molar-refractivity contribution is 6.05. The van der Waals surface area contributed by atoms with E-state index >= 15 is 0 Å². The smallest absolute Gasteiger partial charge is 0.220 e. The highest BCUT2D eigenvalue weighted by atomic mass is 16.5. The third kappa shape index (κ3) is 4.60. The summed E-state index contributed by atoms with van der Waals surface area (Å²) in [5.41, 5.74) is 1.66.